The van der Waals surface area contributed by atoms with Crippen LogP contribution < -0.4 is 5.32 Å². The molecule has 0 saturated carbocycles. The normalized spacial score (nSPS) is 12.7. The number of hydrogen-bond acceptors (Lipinski definition) is 5. The van der Waals surface area contributed by atoms with Gasteiger partial charge in [0.1, 0.15) is 0 Å². The van der Waals surface area contributed by atoms with E-state index >= 15 is 0 Å². The monoisotopic (exact) mass is 307 g/mol. The molecule has 1 atom stereocenters. The number of aryl methyl sites for hydroxylation is 1. The van der Waals surface area contributed by atoms with Crippen LogP contribution in [0.15, 0.2) is 12.1 Å². The van der Waals surface area contributed by atoms with Gasteiger partial charge in [-0.3, -0.25) is 10.1 Å². The molecular weight excluding hydrogens is 286 g/mol. The Morgan fingerprint density at radius 3 is 2.81 bits per heavy atom. The first-order valence-corrected chi connectivity index (χ1v) is 8.14. The molecule has 0 aliphatic heterocycles. The molecule has 0 aliphatic carbocycles. The first-order valence-electron chi connectivity index (χ1n) is 7.33. The molecule has 0 aliphatic rings. The number of fused-ring (bicyclic) bond motifs is 1. The maximum atomic E-state index is 11.3. The van der Waals surface area contributed by atoms with Crippen LogP contribution in [0.25, 0.3) is 10.2 Å². The summed E-state index contributed by atoms with van der Waals surface area (Å²) in [6.07, 6.45) is 2.67. The van der Waals surface area contributed by atoms with Gasteiger partial charge in [0.05, 0.1) is 20.1 Å². The van der Waals surface area contributed by atoms with E-state index in [1.165, 1.54) is 11.3 Å². The second-order valence-electron chi connectivity index (χ2n) is 5.20. The lowest BCUT2D eigenvalue weighted by Gasteiger charge is -2.16. The first kappa shape index (κ1) is 15.9. The van der Waals surface area contributed by atoms with Gasteiger partial charge in [0.2, 0.25) is 0 Å². The van der Waals surface area contributed by atoms with E-state index in [4.69, 9.17) is 0 Å². The number of nitro benzene ring substituents is 1. The zero-order valence-corrected chi connectivity index (χ0v) is 13.5. The van der Waals surface area contributed by atoms with E-state index in [0.29, 0.717) is 6.42 Å². The molecule has 2 aromatic rings. The summed E-state index contributed by atoms with van der Waals surface area (Å²) in [5, 5.41) is 15.7. The number of nitrogens with one attached hydrogen (secondary N) is 1. The standard InChI is InChI=1S/C15H21N3O2S/c1-4-6-16-12(5-2)7-11-8-13-15(21-10(3)17-13)9-14(11)18(19)20/h8-9,12,16H,4-7H2,1-3H3. The maximum absolute atomic E-state index is 11.3. The molecule has 2 rings (SSSR count). The highest BCUT2D eigenvalue weighted by Crippen LogP contribution is 2.30. The highest BCUT2D eigenvalue weighted by Gasteiger charge is 2.19. The van der Waals surface area contributed by atoms with Crippen LogP contribution in [0.1, 0.15) is 37.3 Å². The van der Waals surface area contributed by atoms with Crippen LogP contribution in [0, 0.1) is 17.0 Å². The Labute approximate surface area is 128 Å². The predicted octanol–water partition coefficient (Wildman–Crippen LogP) is 3.83. The molecule has 1 aromatic carbocycles. The highest BCUT2D eigenvalue weighted by atomic mass is 32.1. The van der Waals surface area contributed by atoms with Crippen molar-refractivity contribution in [1.29, 1.82) is 0 Å². The zero-order chi connectivity index (χ0) is 15.4. The Bertz CT molecular complexity index is 639. The number of rotatable bonds is 7. The van der Waals surface area contributed by atoms with Gasteiger partial charge in [-0.15, -0.1) is 11.3 Å². The molecule has 6 heteroatoms. The van der Waals surface area contributed by atoms with Crippen molar-refractivity contribution in [3.8, 4) is 0 Å². The number of hydrogen-bond donors (Lipinski definition) is 1. The van der Waals surface area contributed by atoms with Crippen molar-refractivity contribution in [1.82, 2.24) is 10.3 Å². The Morgan fingerprint density at radius 1 is 1.43 bits per heavy atom. The summed E-state index contributed by atoms with van der Waals surface area (Å²) in [6.45, 7) is 7.08. The molecule has 1 N–H and O–H groups in total. The fourth-order valence-electron chi connectivity index (χ4n) is 2.43. The van der Waals surface area contributed by atoms with Gasteiger partial charge in [-0.05, 0) is 38.8 Å². The first-order chi connectivity index (χ1) is 10.0. The largest absolute Gasteiger partial charge is 0.314 e. The number of benzene rings is 1. The lowest BCUT2D eigenvalue weighted by Crippen LogP contribution is -2.31. The Hall–Kier alpha value is -1.53. The van der Waals surface area contributed by atoms with Crippen LogP contribution in [-0.4, -0.2) is 22.5 Å². The van der Waals surface area contributed by atoms with E-state index in [1.807, 2.05) is 13.0 Å². The minimum atomic E-state index is -0.281. The second kappa shape index (κ2) is 6.95. The van der Waals surface area contributed by atoms with E-state index < -0.39 is 0 Å². The fraction of sp³-hybridized carbons (Fsp3) is 0.533. The van der Waals surface area contributed by atoms with Gasteiger partial charge >= 0.3 is 0 Å². The zero-order valence-electron chi connectivity index (χ0n) is 12.7. The average molecular weight is 307 g/mol. The summed E-state index contributed by atoms with van der Waals surface area (Å²) in [6, 6.07) is 3.82. The van der Waals surface area contributed by atoms with Crippen molar-refractivity contribution in [3.05, 3.63) is 32.8 Å². The number of aromatic nitrogens is 1. The SMILES string of the molecule is CCCNC(CC)Cc1cc2nc(C)sc2cc1[N+](=O)[O-]. The molecule has 0 bridgehead atoms. The molecule has 5 nitrogen and oxygen atoms in total. The van der Waals surface area contributed by atoms with E-state index in [9.17, 15) is 10.1 Å². The molecular formula is C15H21N3O2S. The maximum Gasteiger partial charge on any atom is 0.274 e. The van der Waals surface area contributed by atoms with Gasteiger partial charge in [0, 0.05) is 17.7 Å². The van der Waals surface area contributed by atoms with Crippen molar-refractivity contribution in [3.63, 3.8) is 0 Å². The fourth-order valence-corrected chi connectivity index (χ4v) is 3.27. The Balaban J connectivity index is 2.35. The number of nitrogens with zero attached hydrogens (tertiary/aromatic N) is 2. The number of thiazole rings is 1. The minimum absolute atomic E-state index is 0.211. The lowest BCUT2D eigenvalue weighted by molar-refractivity contribution is -0.385. The summed E-state index contributed by atoms with van der Waals surface area (Å²) in [5.41, 5.74) is 1.85. The predicted molar refractivity (Wildman–Crippen MR) is 87.1 cm³/mol. The van der Waals surface area contributed by atoms with Gasteiger partial charge in [0.15, 0.2) is 0 Å². The second-order valence-corrected chi connectivity index (χ2v) is 6.44. The molecule has 0 radical (unpaired) electrons. The summed E-state index contributed by atoms with van der Waals surface area (Å²) in [4.78, 5) is 15.5. The summed E-state index contributed by atoms with van der Waals surface area (Å²) in [7, 11) is 0. The van der Waals surface area contributed by atoms with Crippen LogP contribution in [0.3, 0.4) is 0 Å². The van der Waals surface area contributed by atoms with Crippen molar-refractivity contribution in [2.75, 3.05) is 6.54 Å². The van der Waals surface area contributed by atoms with Crippen LogP contribution >= 0.6 is 11.3 Å². The summed E-state index contributed by atoms with van der Waals surface area (Å²) in [5.74, 6) is 0. The third-order valence-corrected chi connectivity index (χ3v) is 4.47. The van der Waals surface area contributed by atoms with E-state index in [-0.39, 0.29) is 16.7 Å². The average Bonchev–Trinajstić information content (AvgIpc) is 2.81. The minimum Gasteiger partial charge on any atom is -0.314 e. The molecule has 21 heavy (non-hydrogen) atoms. The molecule has 0 saturated heterocycles. The molecule has 1 heterocycles. The van der Waals surface area contributed by atoms with Crippen molar-refractivity contribution in [2.24, 2.45) is 0 Å². The van der Waals surface area contributed by atoms with Crippen LogP contribution in [-0.2, 0) is 6.42 Å². The smallest absolute Gasteiger partial charge is 0.274 e. The van der Waals surface area contributed by atoms with Gasteiger partial charge in [-0.1, -0.05) is 13.8 Å². The summed E-state index contributed by atoms with van der Waals surface area (Å²) < 4.78 is 0.887. The highest BCUT2D eigenvalue weighted by molar-refractivity contribution is 7.18. The number of nitro groups is 1. The third kappa shape index (κ3) is 3.77. The van der Waals surface area contributed by atoms with Gasteiger partial charge in [-0.25, -0.2) is 4.98 Å². The molecule has 0 spiro atoms. The van der Waals surface area contributed by atoms with Gasteiger partial charge in [-0.2, -0.15) is 0 Å². The van der Waals surface area contributed by atoms with Crippen molar-refractivity contribution < 1.29 is 4.92 Å². The Kier molecular flexibility index (Phi) is 5.25. The lowest BCUT2D eigenvalue weighted by atomic mass is 10.0. The van der Waals surface area contributed by atoms with Crippen LogP contribution in [0.4, 0.5) is 5.69 Å². The summed E-state index contributed by atoms with van der Waals surface area (Å²) >= 11 is 1.50. The molecule has 0 amide bonds. The Morgan fingerprint density at radius 2 is 2.19 bits per heavy atom. The molecule has 114 valence electrons. The van der Waals surface area contributed by atoms with Crippen molar-refractivity contribution >= 4 is 27.2 Å². The molecule has 1 unspecified atom stereocenters. The van der Waals surface area contributed by atoms with Crippen molar-refractivity contribution in [2.45, 2.75) is 46.1 Å². The van der Waals surface area contributed by atoms with Crippen LogP contribution in [0.5, 0.6) is 0 Å². The topological polar surface area (TPSA) is 68.1 Å². The van der Waals surface area contributed by atoms with E-state index in [2.05, 4.69) is 24.1 Å². The van der Waals surface area contributed by atoms with E-state index in [1.54, 1.807) is 6.07 Å². The van der Waals surface area contributed by atoms with E-state index in [0.717, 1.165) is 40.2 Å². The third-order valence-electron chi connectivity index (χ3n) is 3.53. The van der Waals surface area contributed by atoms with Gasteiger partial charge < -0.3 is 5.32 Å². The molecule has 1 aromatic heterocycles. The van der Waals surface area contributed by atoms with Crippen LogP contribution in [0.2, 0.25) is 0 Å². The quantitative estimate of drug-likeness (QED) is 0.623. The van der Waals surface area contributed by atoms with Gasteiger partial charge in [0.25, 0.3) is 5.69 Å². The molecule has 0 fully saturated rings.